The first-order chi connectivity index (χ1) is 71.9. The second-order valence-electron chi connectivity index (χ2n) is 36.5. The van der Waals surface area contributed by atoms with E-state index < -0.39 is 248 Å². The van der Waals surface area contributed by atoms with Crippen LogP contribution in [-0.2, 0) is 147 Å². The van der Waals surface area contributed by atoms with Crippen LogP contribution in [0, 0.1) is 0 Å². The van der Waals surface area contributed by atoms with Gasteiger partial charge >= 0.3 is 5.97 Å². The van der Waals surface area contributed by atoms with Crippen LogP contribution in [0.4, 0.5) is 0 Å². The van der Waals surface area contributed by atoms with E-state index >= 15 is 33.6 Å². The van der Waals surface area contributed by atoms with Crippen molar-refractivity contribution in [2.24, 2.45) is 17.2 Å². The van der Waals surface area contributed by atoms with Crippen LogP contribution in [0.25, 0.3) is 32.7 Å². The summed E-state index contributed by atoms with van der Waals surface area (Å²) in [7, 11) is 0. The van der Waals surface area contributed by atoms with Gasteiger partial charge in [0.15, 0.2) is 0 Å². The molecule has 2 aliphatic heterocycles. The molecule has 786 valence electrons. The summed E-state index contributed by atoms with van der Waals surface area (Å²) in [5.41, 5.74) is 24.6. The monoisotopic (exact) mass is 2060 g/mol. The molecule has 150 heavy (non-hydrogen) atoms. The molecule has 4 aromatic heterocycles. The highest BCUT2D eigenvalue weighted by Crippen LogP contribution is 2.27. The summed E-state index contributed by atoms with van der Waals surface area (Å²) in [4.78, 5) is 299. The van der Waals surface area contributed by atoms with E-state index in [1.165, 1.54) is 74.2 Å². The molecule has 18 amide bonds. The number of aliphatic hydroxyl groups excluding tert-OH is 1. The largest absolute Gasteiger partial charge is 0.508 e. The Hall–Kier alpha value is -18.2. The zero-order chi connectivity index (χ0) is 107. The van der Waals surface area contributed by atoms with E-state index in [0.717, 1.165) is 22.7 Å². The number of phenols is 2. The van der Waals surface area contributed by atoms with Crippen molar-refractivity contribution in [1.29, 1.82) is 0 Å². The molecule has 0 saturated carbocycles. The Kier molecular flexibility index (Phi) is 37.5. The summed E-state index contributed by atoms with van der Waals surface area (Å²) in [6, 6.07) is 23.8. The summed E-state index contributed by atoms with van der Waals surface area (Å²) >= 11 is 0. The third kappa shape index (κ3) is 30.5. The number of nitrogens with zero attached hydrogens (tertiary/aromatic N) is 2. The normalized spacial score (nSPS) is 19.1. The predicted octanol–water partition coefficient (Wildman–Crippen LogP) is -3.00. The number of carbonyl (C=O) groups is 19. The van der Waals surface area contributed by atoms with Gasteiger partial charge in [-0.25, -0.2) is 4.98 Å². The molecule has 0 radical (unpaired) electrons. The van der Waals surface area contributed by atoms with Crippen molar-refractivity contribution in [3.8, 4) is 11.5 Å². The highest BCUT2D eigenvalue weighted by molar-refractivity contribution is 6.04. The van der Waals surface area contributed by atoms with Gasteiger partial charge in [-0.05, 0) is 108 Å². The summed E-state index contributed by atoms with van der Waals surface area (Å²) in [5.74, 6) is -21.5. The highest BCUT2D eigenvalue weighted by Gasteiger charge is 2.43. The molecule has 6 heterocycles. The Morgan fingerprint density at radius 3 is 1.35 bits per heavy atom. The Bertz CT molecular complexity index is 6760. The molecule has 7 aromatic carbocycles. The van der Waals surface area contributed by atoms with Crippen LogP contribution in [0.1, 0.15) is 90.6 Å². The van der Waals surface area contributed by atoms with Crippen molar-refractivity contribution in [3.05, 3.63) is 258 Å². The van der Waals surface area contributed by atoms with E-state index in [2.05, 4.69) is 105 Å². The van der Waals surface area contributed by atoms with Gasteiger partial charge in [0.2, 0.25) is 106 Å². The Labute approximate surface area is 855 Å². The molecular formula is C103H116N24O23. The van der Waals surface area contributed by atoms with Gasteiger partial charge < -0.3 is 137 Å². The van der Waals surface area contributed by atoms with Gasteiger partial charge in [-0.3, -0.25) is 91.1 Å². The van der Waals surface area contributed by atoms with E-state index in [0.29, 0.717) is 66.4 Å². The number of nitrogens with two attached hydrogens (primary N) is 3. The molecule has 2 aliphatic rings. The third-order valence-corrected chi connectivity index (χ3v) is 25.3. The standard InChI is InChI=1S/C103H116N24O23/c1-54-103(149)127-35-15-26-83(127)101(147)125-82(46-88(135)150-113-52-87(134)115-80(44-84(104)131)98(144)121-78(42-62-49-110-71-25-14-11-22-68(62)71)97(143)123-79(43-63-50-107-53-112-63)91(137)111-51-86(133)126-89(55(2)128)102(148)114-54)100(146)122-77(41-61-48-109-70-24-13-10-21-67(61)70)96(142)119-73(36-56-16-5-3-6-17-56)93(139)117-74(37-57-18-7-4-8-19-57)95(141)124-81(45-85(105)132)99(145)120-76(39-59-29-33-65(130)34-30-59)94(140)118-75(38-58-27-31-64(129)32-28-58)92(138)116-72(90(106)136)40-60-47-108-69-23-12-9-20-66(60)69/h3-14,16-25,27-34,47-50,53-55,72-83,89,108-110,113,128-130H,15,26,35-46,51-52H2,1-2H3,(H2,104,131)(H2,105,132)(H2,106,136)(H,107,112)(H,111,137)(H,114,148)(H,115,134)(H,116,138)(H,117,139)(H,118,140)(H,119,142)(H,120,145)(H,121,144)(H,122,146)(H,123,143)(H,124,141)(H,125,147)(H,126,133). The third-order valence-electron chi connectivity index (χ3n) is 25.3. The second-order valence-corrected chi connectivity index (χ2v) is 36.5. The molecule has 15 unspecified atom stereocenters. The predicted molar refractivity (Wildman–Crippen MR) is 538 cm³/mol. The van der Waals surface area contributed by atoms with Crippen molar-refractivity contribution < 1.29 is 111 Å². The van der Waals surface area contributed by atoms with Gasteiger partial charge in [-0.2, -0.15) is 0 Å². The molecule has 13 rings (SSSR count). The number of aromatic hydroxyl groups is 2. The number of hydrogen-bond donors (Lipinski definition) is 25. The van der Waals surface area contributed by atoms with E-state index in [-0.39, 0.29) is 69.4 Å². The lowest BCUT2D eigenvalue weighted by Gasteiger charge is -2.30. The van der Waals surface area contributed by atoms with Crippen LogP contribution in [0.15, 0.2) is 213 Å². The molecule has 0 bridgehead atoms. The SMILES string of the molecule is CC1NC(=O)C(C(C)O)NC(=O)CNC(=O)C(Cc2cnc[nH]2)NC(=O)C(Cc2c[nH]c3ccccc23)NC(=O)C(CC(N)=O)NC(=O)CNOC(=O)CC(C(=O)NC(Cc2c[nH]c3ccccc23)C(=O)NC(Cc2ccccc2)C(=O)NC(Cc2ccccc2)C(=O)NC(CC(N)=O)C(=O)NC(Cc2ccc(O)cc2)C(=O)NC(Cc2ccc(O)cc2)C(=O)NC(Cc2c[nH]c3ccccc23)C(N)=O)NC(=O)C2CCCN2C1=O. The molecule has 47 heteroatoms. The number of benzene rings is 7. The second kappa shape index (κ2) is 51.5. The Morgan fingerprint density at radius 1 is 0.440 bits per heavy atom. The number of nitrogens with one attached hydrogen (secondary N) is 19. The van der Waals surface area contributed by atoms with Gasteiger partial charge in [0.1, 0.15) is 103 Å². The van der Waals surface area contributed by atoms with Crippen LogP contribution in [0.2, 0.25) is 0 Å². The number of fused-ring (bicyclic) bond motifs is 4. The number of para-hydroxylation sites is 3. The average molecular weight is 2060 g/mol. The van der Waals surface area contributed by atoms with Crippen molar-refractivity contribution in [3.63, 3.8) is 0 Å². The van der Waals surface area contributed by atoms with Crippen LogP contribution in [-0.4, -0.2) is 268 Å². The topological polar surface area (TPSA) is 732 Å². The lowest BCUT2D eigenvalue weighted by atomic mass is 10.00. The summed E-state index contributed by atoms with van der Waals surface area (Å²) < 4.78 is 0. The average Bonchev–Trinajstić information content (AvgIpc) is 1.68. The van der Waals surface area contributed by atoms with E-state index in [4.69, 9.17) is 22.0 Å². The number of rotatable bonds is 36. The fourth-order valence-corrected chi connectivity index (χ4v) is 17.5. The summed E-state index contributed by atoms with van der Waals surface area (Å²) in [6.07, 6.45) is -0.0970. The van der Waals surface area contributed by atoms with Crippen LogP contribution < -0.4 is 97.1 Å². The number of amides is 18. The van der Waals surface area contributed by atoms with Gasteiger partial charge in [0, 0.05) is 121 Å². The van der Waals surface area contributed by atoms with Crippen molar-refractivity contribution >= 4 is 145 Å². The highest BCUT2D eigenvalue weighted by atomic mass is 16.7. The number of aliphatic hydroxyl groups is 1. The minimum absolute atomic E-state index is 0.103. The van der Waals surface area contributed by atoms with E-state index in [9.17, 15) is 72.9 Å². The summed E-state index contributed by atoms with van der Waals surface area (Å²) in [6.45, 7) is 0.267. The molecule has 0 spiro atoms. The zero-order valence-electron chi connectivity index (χ0n) is 81.3. The molecule has 28 N–H and O–H groups in total. The first-order valence-electron chi connectivity index (χ1n) is 48.2. The maximum absolute atomic E-state index is 15.9. The molecular weight excluding hydrogens is 1940 g/mol. The fraction of sp³-hybridized carbons (Fsp3) is 0.320. The smallest absolute Gasteiger partial charge is 0.327 e. The number of H-pyrrole nitrogens is 4. The minimum Gasteiger partial charge on any atom is -0.508 e. The fourth-order valence-electron chi connectivity index (χ4n) is 17.5. The number of imidazole rings is 1. The number of hydrogen-bond acceptors (Lipinski definition) is 25. The van der Waals surface area contributed by atoms with E-state index in [1.807, 2.05) is 0 Å². The number of aromatic amines is 4. The Morgan fingerprint density at radius 2 is 0.873 bits per heavy atom. The molecule has 11 aromatic rings. The molecule has 0 aliphatic carbocycles. The maximum atomic E-state index is 15.9. The van der Waals surface area contributed by atoms with Crippen molar-refractivity contribution in [1.82, 2.24) is 110 Å². The number of carbonyl (C=O) groups excluding carboxylic acids is 19. The lowest BCUT2D eigenvalue weighted by molar-refractivity contribution is -0.154. The lowest BCUT2D eigenvalue weighted by Crippen LogP contribution is -2.62. The van der Waals surface area contributed by atoms with Crippen molar-refractivity contribution in [2.45, 2.75) is 188 Å². The molecule has 2 saturated heterocycles. The minimum atomic E-state index is -2.15. The first-order valence-corrected chi connectivity index (χ1v) is 48.2. The quantitative estimate of drug-likeness (QED) is 0.0186. The van der Waals surface area contributed by atoms with Crippen LogP contribution >= 0.6 is 0 Å². The molecule has 15 atom stereocenters. The number of hydroxylamine groups is 1. The van der Waals surface area contributed by atoms with Gasteiger partial charge in [0.25, 0.3) is 0 Å². The van der Waals surface area contributed by atoms with Gasteiger partial charge in [0.05, 0.1) is 38.2 Å². The van der Waals surface area contributed by atoms with Gasteiger partial charge in [-0.1, -0.05) is 140 Å². The number of primary amides is 3. The number of phenolic OH excluding ortho intramolecular Hbond substituents is 2. The number of aromatic nitrogens is 5. The molecule has 47 nitrogen and oxygen atoms in total. The van der Waals surface area contributed by atoms with Crippen LogP contribution in [0.3, 0.4) is 0 Å². The Balaban J connectivity index is 0.777. The van der Waals surface area contributed by atoms with Crippen molar-refractivity contribution in [2.75, 3.05) is 19.6 Å². The molecule has 2 fully saturated rings. The maximum Gasteiger partial charge on any atom is 0.327 e. The van der Waals surface area contributed by atoms with Crippen LogP contribution in [0.5, 0.6) is 11.5 Å². The van der Waals surface area contributed by atoms with E-state index in [1.54, 1.807) is 146 Å². The first kappa shape index (κ1) is 109. The zero-order valence-corrected chi connectivity index (χ0v) is 81.3. The summed E-state index contributed by atoms with van der Waals surface area (Å²) in [5, 5.41) is 69.0. The van der Waals surface area contributed by atoms with Gasteiger partial charge in [-0.15, -0.1) is 5.48 Å².